The maximum Gasteiger partial charge on any atom is 0.0421 e. The maximum absolute atomic E-state index is 5.63. The van der Waals surface area contributed by atoms with Gasteiger partial charge in [0, 0.05) is 17.9 Å². The van der Waals surface area contributed by atoms with Gasteiger partial charge in [0.25, 0.3) is 0 Å². The highest BCUT2D eigenvalue weighted by atomic mass is 14.8. The number of nitrogens with one attached hydrogen (secondary N) is 1. The fourth-order valence-corrected chi connectivity index (χ4v) is 0.951. The molecule has 1 atom stereocenters. The van der Waals surface area contributed by atoms with Crippen LogP contribution in [0.5, 0.6) is 0 Å². The number of aromatic amines is 1. The first-order valence-electron chi connectivity index (χ1n) is 3.11. The van der Waals surface area contributed by atoms with Crippen molar-refractivity contribution in [3.8, 4) is 0 Å². The van der Waals surface area contributed by atoms with Crippen LogP contribution in [-0.2, 0) is 0 Å². The van der Waals surface area contributed by atoms with Crippen molar-refractivity contribution in [1.29, 1.82) is 0 Å². The van der Waals surface area contributed by atoms with E-state index in [1.54, 1.807) is 0 Å². The fourth-order valence-electron chi connectivity index (χ4n) is 0.951. The van der Waals surface area contributed by atoms with Gasteiger partial charge < -0.3 is 10.7 Å². The summed E-state index contributed by atoms with van der Waals surface area (Å²) < 4.78 is 0. The van der Waals surface area contributed by atoms with Gasteiger partial charge in [-0.3, -0.25) is 0 Å². The van der Waals surface area contributed by atoms with Crippen molar-refractivity contribution in [2.24, 2.45) is 5.73 Å². The van der Waals surface area contributed by atoms with Gasteiger partial charge in [-0.15, -0.1) is 0 Å². The lowest BCUT2D eigenvalue weighted by atomic mass is 10.2. The summed E-state index contributed by atoms with van der Waals surface area (Å²) in [6.45, 7) is 4.02. The summed E-state index contributed by atoms with van der Waals surface area (Å²) >= 11 is 0. The Morgan fingerprint density at radius 3 is 2.56 bits per heavy atom. The number of hydrogen-bond donors (Lipinski definition) is 2. The third-order valence-electron chi connectivity index (χ3n) is 1.45. The van der Waals surface area contributed by atoms with Gasteiger partial charge >= 0.3 is 0 Å². The second-order valence-electron chi connectivity index (χ2n) is 2.36. The quantitative estimate of drug-likeness (QED) is 0.583. The van der Waals surface area contributed by atoms with Crippen molar-refractivity contribution in [2.45, 2.75) is 19.9 Å². The van der Waals surface area contributed by atoms with E-state index in [0.29, 0.717) is 0 Å². The molecule has 0 saturated carbocycles. The van der Waals surface area contributed by atoms with Crippen LogP contribution in [0.3, 0.4) is 0 Å². The van der Waals surface area contributed by atoms with E-state index in [1.807, 2.05) is 19.2 Å². The second kappa shape index (κ2) is 2.23. The molecule has 0 aliphatic heterocycles. The number of H-pyrrole nitrogens is 1. The molecule has 50 valence electrons. The highest BCUT2D eigenvalue weighted by molar-refractivity contribution is 5.20. The predicted octanol–water partition coefficient (Wildman–Crippen LogP) is 1.34. The van der Waals surface area contributed by atoms with E-state index in [4.69, 9.17) is 5.73 Å². The summed E-state index contributed by atoms with van der Waals surface area (Å²) in [6, 6.07) is 2.15. The van der Waals surface area contributed by atoms with Gasteiger partial charge in [-0.25, -0.2) is 0 Å². The molecule has 1 heterocycles. The third-order valence-corrected chi connectivity index (χ3v) is 1.45. The summed E-state index contributed by atoms with van der Waals surface area (Å²) in [6.07, 6.45) is 1.91. The molecular weight excluding hydrogens is 112 g/mol. The van der Waals surface area contributed by atoms with Gasteiger partial charge in [0.05, 0.1) is 0 Å². The molecule has 1 aromatic heterocycles. The van der Waals surface area contributed by atoms with Crippen molar-refractivity contribution in [1.82, 2.24) is 4.98 Å². The first-order valence-corrected chi connectivity index (χ1v) is 3.11. The zero-order valence-electron chi connectivity index (χ0n) is 5.81. The molecule has 0 aliphatic rings. The van der Waals surface area contributed by atoms with Gasteiger partial charge in [-0.05, 0) is 25.5 Å². The Bertz CT molecular complexity index is 189. The Morgan fingerprint density at radius 2 is 2.33 bits per heavy atom. The zero-order valence-corrected chi connectivity index (χ0v) is 5.81. The van der Waals surface area contributed by atoms with Gasteiger partial charge in [0.1, 0.15) is 0 Å². The van der Waals surface area contributed by atoms with Gasteiger partial charge in [0.15, 0.2) is 0 Å². The largest absolute Gasteiger partial charge is 0.363 e. The lowest BCUT2D eigenvalue weighted by Crippen LogP contribution is -2.06. The van der Waals surface area contributed by atoms with E-state index in [9.17, 15) is 0 Å². The van der Waals surface area contributed by atoms with Crippen LogP contribution in [0.4, 0.5) is 0 Å². The van der Waals surface area contributed by atoms with Gasteiger partial charge in [0.2, 0.25) is 0 Å². The van der Waals surface area contributed by atoms with Crippen LogP contribution in [0.1, 0.15) is 24.2 Å². The summed E-state index contributed by atoms with van der Waals surface area (Å²) in [5.41, 5.74) is 8.00. The van der Waals surface area contributed by atoms with Crippen LogP contribution in [0.15, 0.2) is 12.3 Å². The molecule has 1 aromatic rings. The Morgan fingerprint density at radius 1 is 1.67 bits per heavy atom. The van der Waals surface area contributed by atoms with E-state index in [2.05, 4.69) is 11.9 Å². The monoisotopic (exact) mass is 124 g/mol. The summed E-state index contributed by atoms with van der Waals surface area (Å²) in [5.74, 6) is 0. The van der Waals surface area contributed by atoms with Gasteiger partial charge in [-0.1, -0.05) is 0 Å². The minimum atomic E-state index is 0.125. The molecule has 0 aromatic carbocycles. The minimum Gasteiger partial charge on any atom is -0.363 e. The topological polar surface area (TPSA) is 41.8 Å². The molecular formula is C7H12N2. The smallest absolute Gasteiger partial charge is 0.0421 e. The number of nitrogens with two attached hydrogens (primary N) is 1. The first kappa shape index (κ1) is 6.36. The number of rotatable bonds is 1. The molecule has 0 radical (unpaired) electrons. The van der Waals surface area contributed by atoms with E-state index < -0.39 is 0 Å². The Balaban J connectivity index is 2.94. The summed E-state index contributed by atoms with van der Waals surface area (Å²) in [4.78, 5) is 3.08. The third kappa shape index (κ3) is 1.13. The minimum absolute atomic E-state index is 0.125. The molecule has 0 saturated heterocycles. The van der Waals surface area contributed by atoms with Crippen LogP contribution in [0.25, 0.3) is 0 Å². The normalized spacial score (nSPS) is 13.7. The SMILES string of the molecule is Cc1cc[nH]c1[C@@H](C)N. The highest BCUT2D eigenvalue weighted by Crippen LogP contribution is 2.10. The van der Waals surface area contributed by atoms with E-state index in [-0.39, 0.29) is 6.04 Å². The molecule has 0 amide bonds. The predicted molar refractivity (Wildman–Crippen MR) is 38.1 cm³/mol. The molecule has 2 heteroatoms. The highest BCUT2D eigenvalue weighted by Gasteiger charge is 2.01. The van der Waals surface area contributed by atoms with E-state index in [1.165, 1.54) is 5.56 Å². The van der Waals surface area contributed by atoms with Crippen molar-refractivity contribution in [3.63, 3.8) is 0 Å². The maximum atomic E-state index is 5.63. The van der Waals surface area contributed by atoms with Crippen LogP contribution >= 0.6 is 0 Å². The summed E-state index contributed by atoms with van der Waals surface area (Å²) in [7, 11) is 0. The number of aromatic nitrogens is 1. The van der Waals surface area contributed by atoms with Crippen molar-refractivity contribution >= 4 is 0 Å². The number of aryl methyl sites for hydroxylation is 1. The van der Waals surface area contributed by atoms with Crippen LogP contribution in [0, 0.1) is 6.92 Å². The van der Waals surface area contributed by atoms with E-state index in [0.717, 1.165) is 5.69 Å². The average Bonchev–Trinajstić information content (AvgIpc) is 2.13. The fraction of sp³-hybridized carbons (Fsp3) is 0.429. The molecule has 2 nitrogen and oxygen atoms in total. The first-order chi connectivity index (χ1) is 4.22. The Kier molecular flexibility index (Phi) is 1.58. The van der Waals surface area contributed by atoms with Crippen molar-refractivity contribution in [2.75, 3.05) is 0 Å². The van der Waals surface area contributed by atoms with Crippen LogP contribution in [-0.4, -0.2) is 4.98 Å². The van der Waals surface area contributed by atoms with Crippen molar-refractivity contribution < 1.29 is 0 Å². The Labute approximate surface area is 55.1 Å². The standard InChI is InChI=1S/C7H12N2/c1-5-3-4-9-7(5)6(2)8/h3-4,6,9H,8H2,1-2H3/t6-/m1/s1. The lowest BCUT2D eigenvalue weighted by Gasteiger charge is -2.01. The second-order valence-corrected chi connectivity index (χ2v) is 2.36. The molecule has 9 heavy (non-hydrogen) atoms. The molecule has 0 spiro atoms. The van der Waals surface area contributed by atoms with Crippen LogP contribution < -0.4 is 5.73 Å². The molecule has 0 aliphatic carbocycles. The van der Waals surface area contributed by atoms with Crippen molar-refractivity contribution in [3.05, 3.63) is 23.5 Å². The lowest BCUT2D eigenvalue weighted by molar-refractivity contribution is 0.782. The molecule has 1 rings (SSSR count). The molecule has 0 unspecified atom stereocenters. The Hall–Kier alpha value is -0.760. The molecule has 3 N–H and O–H groups in total. The zero-order chi connectivity index (χ0) is 6.85. The average molecular weight is 124 g/mol. The van der Waals surface area contributed by atoms with Crippen LogP contribution in [0.2, 0.25) is 0 Å². The van der Waals surface area contributed by atoms with E-state index >= 15 is 0 Å². The molecule has 0 fully saturated rings. The summed E-state index contributed by atoms with van der Waals surface area (Å²) in [5, 5.41) is 0. The molecule has 0 bridgehead atoms. The van der Waals surface area contributed by atoms with Gasteiger partial charge in [-0.2, -0.15) is 0 Å². The number of hydrogen-bond acceptors (Lipinski definition) is 1.